The van der Waals surface area contributed by atoms with Crippen LogP contribution in [0.25, 0.3) is 0 Å². The van der Waals surface area contributed by atoms with Crippen LogP contribution in [0.2, 0.25) is 0 Å². The molecule has 2 rings (SSSR count). The first-order valence-corrected chi connectivity index (χ1v) is 4.62. The molecular weight excluding hydrogens is 209 g/mol. The van der Waals surface area contributed by atoms with E-state index in [0.29, 0.717) is 5.56 Å². The van der Waals surface area contributed by atoms with Gasteiger partial charge in [-0.05, 0) is 6.07 Å². The van der Waals surface area contributed by atoms with Crippen molar-refractivity contribution < 1.29 is 4.39 Å². The normalized spacial score (nSPS) is 10.3. The first kappa shape index (κ1) is 10.3. The highest BCUT2D eigenvalue weighted by molar-refractivity contribution is 5.95. The Hall–Kier alpha value is -2.24. The Morgan fingerprint density at radius 2 is 2.31 bits per heavy atom. The predicted molar refractivity (Wildman–Crippen MR) is 56.5 cm³/mol. The SMILES string of the molecule is N=C(N)c1cccc(Cn2cncn2)c1F. The number of halogens is 1. The summed E-state index contributed by atoms with van der Waals surface area (Å²) in [4.78, 5) is 3.77. The molecule has 0 spiro atoms. The number of nitrogens with two attached hydrogens (primary N) is 1. The molecule has 0 aliphatic carbocycles. The van der Waals surface area contributed by atoms with E-state index in [2.05, 4.69) is 10.1 Å². The largest absolute Gasteiger partial charge is 0.384 e. The van der Waals surface area contributed by atoms with Crippen LogP contribution in [0, 0.1) is 11.2 Å². The minimum atomic E-state index is -0.481. The molecule has 3 N–H and O–H groups in total. The van der Waals surface area contributed by atoms with Crippen LogP contribution in [-0.4, -0.2) is 20.6 Å². The summed E-state index contributed by atoms with van der Waals surface area (Å²) in [6, 6.07) is 4.76. The highest BCUT2D eigenvalue weighted by atomic mass is 19.1. The summed E-state index contributed by atoms with van der Waals surface area (Å²) in [6.07, 6.45) is 2.88. The van der Waals surface area contributed by atoms with Crippen LogP contribution in [-0.2, 0) is 6.54 Å². The van der Waals surface area contributed by atoms with Crippen molar-refractivity contribution in [3.63, 3.8) is 0 Å². The quantitative estimate of drug-likeness (QED) is 0.590. The van der Waals surface area contributed by atoms with Gasteiger partial charge in [0.25, 0.3) is 0 Å². The van der Waals surface area contributed by atoms with E-state index in [-0.39, 0.29) is 17.9 Å². The Bertz CT molecular complexity index is 506. The molecule has 0 fully saturated rings. The first-order valence-electron chi connectivity index (χ1n) is 4.62. The fraction of sp³-hybridized carbons (Fsp3) is 0.100. The highest BCUT2D eigenvalue weighted by Crippen LogP contribution is 2.13. The van der Waals surface area contributed by atoms with Gasteiger partial charge >= 0.3 is 0 Å². The van der Waals surface area contributed by atoms with Crippen molar-refractivity contribution in [2.45, 2.75) is 6.54 Å². The maximum atomic E-state index is 13.8. The van der Waals surface area contributed by atoms with Crippen LogP contribution < -0.4 is 5.73 Å². The van der Waals surface area contributed by atoms with Gasteiger partial charge in [0.05, 0.1) is 12.1 Å². The van der Waals surface area contributed by atoms with E-state index in [0.717, 1.165) is 0 Å². The first-order chi connectivity index (χ1) is 7.68. The Morgan fingerprint density at radius 3 is 2.94 bits per heavy atom. The van der Waals surface area contributed by atoms with Gasteiger partial charge in [-0.25, -0.2) is 14.1 Å². The summed E-state index contributed by atoms with van der Waals surface area (Å²) in [5.74, 6) is -0.761. The molecule has 2 aromatic rings. The number of aromatic nitrogens is 3. The van der Waals surface area contributed by atoms with E-state index in [9.17, 15) is 4.39 Å². The third-order valence-corrected chi connectivity index (χ3v) is 2.17. The van der Waals surface area contributed by atoms with Crippen molar-refractivity contribution in [3.05, 3.63) is 47.8 Å². The zero-order valence-corrected chi connectivity index (χ0v) is 8.39. The maximum absolute atomic E-state index is 13.8. The van der Waals surface area contributed by atoms with E-state index >= 15 is 0 Å². The zero-order valence-electron chi connectivity index (χ0n) is 8.39. The van der Waals surface area contributed by atoms with Crippen molar-refractivity contribution >= 4 is 5.84 Å². The van der Waals surface area contributed by atoms with Crippen LogP contribution in [0.4, 0.5) is 4.39 Å². The molecule has 5 nitrogen and oxygen atoms in total. The highest BCUT2D eigenvalue weighted by Gasteiger charge is 2.10. The summed E-state index contributed by atoms with van der Waals surface area (Å²) in [7, 11) is 0. The average molecular weight is 219 g/mol. The number of rotatable bonds is 3. The van der Waals surface area contributed by atoms with Gasteiger partial charge in [0.1, 0.15) is 24.3 Å². The fourth-order valence-electron chi connectivity index (χ4n) is 1.40. The van der Waals surface area contributed by atoms with E-state index in [1.165, 1.54) is 23.4 Å². The molecule has 0 unspecified atom stereocenters. The monoisotopic (exact) mass is 219 g/mol. The van der Waals surface area contributed by atoms with E-state index in [1.807, 2.05) is 0 Å². The van der Waals surface area contributed by atoms with Crippen molar-refractivity contribution in [3.8, 4) is 0 Å². The second-order valence-electron chi connectivity index (χ2n) is 3.29. The van der Waals surface area contributed by atoms with Gasteiger partial charge in [-0.3, -0.25) is 5.41 Å². The lowest BCUT2D eigenvalue weighted by atomic mass is 10.1. The second-order valence-corrected chi connectivity index (χ2v) is 3.29. The molecule has 0 atom stereocenters. The smallest absolute Gasteiger partial charge is 0.139 e. The van der Waals surface area contributed by atoms with Crippen molar-refractivity contribution in [2.24, 2.45) is 5.73 Å². The number of hydrogen-bond acceptors (Lipinski definition) is 3. The minimum absolute atomic E-state index is 0.109. The van der Waals surface area contributed by atoms with Crippen LogP contribution >= 0.6 is 0 Å². The Labute approximate surface area is 91.2 Å². The molecular formula is C10H10FN5. The molecule has 0 amide bonds. The standard InChI is InChI=1S/C10H10FN5/c11-9-7(4-16-6-14-5-15-16)2-1-3-8(9)10(12)13/h1-3,5-6H,4H2,(H3,12,13). The van der Waals surface area contributed by atoms with Gasteiger partial charge in [0.15, 0.2) is 0 Å². The molecule has 0 saturated heterocycles. The van der Waals surface area contributed by atoms with Crippen molar-refractivity contribution in [1.29, 1.82) is 5.41 Å². The Morgan fingerprint density at radius 1 is 1.50 bits per heavy atom. The van der Waals surface area contributed by atoms with Gasteiger partial charge in [-0.15, -0.1) is 0 Å². The van der Waals surface area contributed by atoms with Crippen LogP contribution in [0.3, 0.4) is 0 Å². The third kappa shape index (κ3) is 1.90. The summed E-state index contributed by atoms with van der Waals surface area (Å²) in [6.45, 7) is 0.271. The van der Waals surface area contributed by atoms with Crippen LogP contribution in [0.15, 0.2) is 30.9 Å². The summed E-state index contributed by atoms with van der Waals surface area (Å²) >= 11 is 0. The third-order valence-electron chi connectivity index (χ3n) is 2.17. The lowest BCUT2D eigenvalue weighted by Crippen LogP contribution is -2.15. The molecule has 0 bridgehead atoms. The zero-order chi connectivity index (χ0) is 11.5. The maximum Gasteiger partial charge on any atom is 0.139 e. The van der Waals surface area contributed by atoms with Gasteiger partial charge in [0.2, 0.25) is 0 Å². The van der Waals surface area contributed by atoms with E-state index < -0.39 is 5.82 Å². The van der Waals surface area contributed by atoms with Gasteiger partial charge < -0.3 is 5.73 Å². The second kappa shape index (κ2) is 4.09. The molecule has 0 saturated carbocycles. The topological polar surface area (TPSA) is 80.6 Å². The van der Waals surface area contributed by atoms with Crippen molar-refractivity contribution in [2.75, 3.05) is 0 Å². The lowest BCUT2D eigenvalue weighted by molar-refractivity contribution is 0.582. The molecule has 0 aliphatic heterocycles. The molecule has 1 aromatic heterocycles. The summed E-state index contributed by atoms with van der Waals surface area (Å²) in [5, 5.41) is 11.1. The number of nitrogens with zero attached hydrogens (tertiary/aromatic N) is 3. The molecule has 16 heavy (non-hydrogen) atoms. The van der Waals surface area contributed by atoms with Crippen LogP contribution in [0.1, 0.15) is 11.1 Å². The number of nitrogens with one attached hydrogen (secondary N) is 1. The molecule has 6 heteroatoms. The summed E-state index contributed by atoms with van der Waals surface area (Å²) in [5.41, 5.74) is 5.80. The molecule has 1 aromatic carbocycles. The fourth-order valence-corrected chi connectivity index (χ4v) is 1.40. The summed E-state index contributed by atoms with van der Waals surface area (Å²) < 4.78 is 15.3. The number of nitrogen functional groups attached to an aromatic ring is 1. The lowest BCUT2D eigenvalue weighted by Gasteiger charge is -2.06. The Kier molecular flexibility index (Phi) is 2.63. The average Bonchev–Trinajstić information content (AvgIpc) is 2.73. The number of benzene rings is 1. The van der Waals surface area contributed by atoms with Crippen LogP contribution in [0.5, 0.6) is 0 Å². The molecule has 1 heterocycles. The van der Waals surface area contributed by atoms with Crippen molar-refractivity contribution in [1.82, 2.24) is 14.8 Å². The predicted octanol–water partition coefficient (Wildman–Crippen LogP) is 0.750. The minimum Gasteiger partial charge on any atom is -0.384 e. The van der Waals surface area contributed by atoms with Gasteiger partial charge in [-0.2, -0.15) is 5.10 Å². The number of amidine groups is 1. The molecule has 82 valence electrons. The number of hydrogen-bond donors (Lipinski definition) is 2. The van der Waals surface area contributed by atoms with E-state index in [4.69, 9.17) is 11.1 Å². The molecule has 0 radical (unpaired) electrons. The van der Waals surface area contributed by atoms with Gasteiger partial charge in [-0.1, -0.05) is 12.1 Å². The van der Waals surface area contributed by atoms with Gasteiger partial charge in [0, 0.05) is 5.56 Å². The molecule has 0 aliphatic rings. The Balaban J connectivity index is 2.35. The van der Waals surface area contributed by atoms with E-state index in [1.54, 1.807) is 12.1 Å².